The topological polar surface area (TPSA) is 110 Å². The molecule has 6 nitrogen and oxygen atoms in total. The minimum atomic E-state index is -0.0380. The lowest BCUT2D eigenvalue weighted by Crippen LogP contribution is -2.29. The first-order chi connectivity index (χ1) is 7.20. The van der Waals surface area contributed by atoms with Crippen LogP contribution in [0.3, 0.4) is 0 Å². The largest absolute Gasteiger partial charge is 0.344 e. The smallest absolute Gasteiger partial charge is 0.220 e. The van der Waals surface area contributed by atoms with Crippen LogP contribution in [0, 0.1) is 0 Å². The van der Waals surface area contributed by atoms with Crippen LogP contribution in [0.4, 0.5) is 0 Å². The Morgan fingerprint density at radius 3 is 1.53 bits per heavy atom. The van der Waals surface area contributed by atoms with Gasteiger partial charge in [0.15, 0.2) is 0 Å². The van der Waals surface area contributed by atoms with E-state index in [1.54, 1.807) is 0 Å². The zero-order valence-corrected chi connectivity index (χ0v) is 8.92. The van der Waals surface area contributed by atoms with Crippen molar-refractivity contribution in [2.75, 3.05) is 13.3 Å². The second-order valence-electron chi connectivity index (χ2n) is 3.17. The van der Waals surface area contributed by atoms with Crippen LogP contribution in [0.1, 0.15) is 32.1 Å². The first-order valence-corrected chi connectivity index (χ1v) is 5.14. The quantitative estimate of drug-likeness (QED) is 0.308. The molecule has 0 saturated carbocycles. The summed E-state index contributed by atoms with van der Waals surface area (Å²) in [4.78, 5) is 21.9. The molecule has 0 bridgehead atoms. The average Bonchev–Trinajstić information content (AvgIpc) is 2.18. The highest BCUT2D eigenvalue weighted by Crippen LogP contribution is 2.02. The van der Waals surface area contributed by atoms with Crippen LogP contribution in [0.5, 0.6) is 0 Å². The second kappa shape index (κ2) is 9.42. The van der Waals surface area contributed by atoms with Crippen molar-refractivity contribution in [2.45, 2.75) is 32.1 Å². The van der Waals surface area contributed by atoms with Gasteiger partial charge in [0.2, 0.25) is 11.8 Å². The fourth-order valence-corrected chi connectivity index (χ4v) is 1.15. The Kier molecular flexibility index (Phi) is 8.70. The lowest BCUT2D eigenvalue weighted by atomic mass is 10.1. The molecule has 0 aromatic carbocycles. The molecule has 0 aliphatic heterocycles. The molecule has 15 heavy (non-hydrogen) atoms. The summed E-state index contributed by atoms with van der Waals surface area (Å²) in [7, 11) is 0. The molecule has 0 spiro atoms. The molecule has 6 heteroatoms. The fraction of sp³-hybridized carbons (Fsp3) is 0.778. The molecule has 0 saturated heterocycles. The summed E-state index contributed by atoms with van der Waals surface area (Å²) >= 11 is 0. The van der Waals surface area contributed by atoms with Crippen molar-refractivity contribution in [3.8, 4) is 0 Å². The van der Waals surface area contributed by atoms with E-state index in [1.165, 1.54) is 0 Å². The summed E-state index contributed by atoms with van der Waals surface area (Å²) in [6, 6.07) is 0. The monoisotopic (exact) mass is 216 g/mol. The van der Waals surface area contributed by atoms with Crippen molar-refractivity contribution < 1.29 is 9.59 Å². The number of unbranched alkanes of at least 4 members (excludes halogenated alkanes) is 2. The molecule has 0 heterocycles. The van der Waals surface area contributed by atoms with Gasteiger partial charge in [0.25, 0.3) is 0 Å². The van der Waals surface area contributed by atoms with Gasteiger partial charge in [0.05, 0.1) is 13.3 Å². The van der Waals surface area contributed by atoms with Crippen molar-refractivity contribution in [3.63, 3.8) is 0 Å². The molecule has 6 N–H and O–H groups in total. The van der Waals surface area contributed by atoms with E-state index in [0.29, 0.717) is 12.8 Å². The third kappa shape index (κ3) is 9.17. The van der Waals surface area contributed by atoms with Crippen LogP contribution in [0.25, 0.3) is 0 Å². The van der Waals surface area contributed by atoms with Crippen molar-refractivity contribution in [1.82, 2.24) is 10.6 Å². The van der Waals surface area contributed by atoms with Crippen LogP contribution in [-0.2, 0) is 9.59 Å². The number of nitrogens with one attached hydrogen (secondary N) is 2. The molecule has 0 aromatic rings. The maximum absolute atomic E-state index is 11.0. The molecule has 0 aliphatic rings. The van der Waals surface area contributed by atoms with E-state index in [0.717, 1.165) is 19.3 Å². The molecule has 0 unspecified atom stereocenters. The fourth-order valence-electron chi connectivity index (χ4n) is 1.15. The van der Waals surface area contributed by atoms with E-state index in [4.69, 9.17) is 11.5 Å². The van der Waals surface area contributed by atoms with E-state index in [2.05, 4.69) is 10.6 Å². The van der Waals surface area contributed by atoms with E-state index in [9.17, 15) is 9.59 Å². The maximum atomic E-state index is 11.0. The standard InChI is InChI=1S/C9H20N4O2/c10-6-12-8(14)4-2-1-3-5-9(15)13-7-11/h1-7,10-11H2,(H,12,14)(H,13,15). The Hall–Kier alpha value is -1.14. The summed E-state index contributed by atoms with van der Waals surface area (Å²) in [5.74, 6) is -0.0761. The summed E-state index contributed by atoms with van der Waals surface area (Å²) < 4.78 is 0. The Balaban J connectivity index is 3.24. The maximum Gasteiger partial charge on any atom is 0.220 e. The molecule has 0 radical (unpaired) electrons. The van der Waals surface area contributed by atoms with E-state index < -0.39 is 0 Å². The summed E-state index contributed by atoms with van der Waals surface area (Å²) in [6.45, 7) is 0.357. The number of hydrogen-bond acceptors (Lipinski definition) is 4. The minimum absolute atomic E-state index is 0.0380. The second-order valence-corrected chi connectivity index (χ2v) is 3.17. The number of amides is 2. The van der Waals surface area contributed by atoms with Gasteiger partial charge in [-0.15, -0.1) is 0 Å². The molecular weight excluding hydrogens is 196 g/mol. The van der Waals surface area contributed by atoms with Gasteiger partial charge in [-0.25, -0.2) is 0 Å². The molecule has 88 valence electrons. The Morgan fingerprint density at radius 2 is 1.20 bits per heavy atom. The van der Waals surface area contributed by atoms with Crippen LogP contribution in [0.15, 0.2) is 0 Å². The molecule has 0 atom stereocenters. The number of hydrogen-bond donors (Lipinski definition) is 4. The van der Waals surface area contributed by atoms with Gasteiger partial charge in [-0.2, -0.15) is 0 Å². The van der Waals surface area contributed by atoms with Gasteiger partial charge in [-0.05, 0) is 12.8 Å². The third-order valence-corrected chi connectivity index (χ3v) is 1.91. The zero-order chi connectivity index (χ0) is 11.5. The highest BCUT2D eigenvalue weighted by molar-refractivity contribution is 5.76. The van der Waals surface area contributed by atoms with Gasteiger partial charge in [0, 0.05) is 12.8 Å². The molecule has 0 fully saturated rings. The molecule has 2 amide bonds. The lowest BCUT2D eigenvalue weighted by molar-refractivity contribution is -0.121. The SMILES string of the molecule is NCNC(=O)CCCCCC(=O)NCN. The predicted molar refractivity (Wildman–Crippen MR) is 57.5 cm³/mol. The zero-order valence-electron chi connectivity index (χ0n) is 8.92. The minimum Gasteiger partial charge on any atom is -0.344 e. The molecule has 0 aliphatic carbocycles. The predicted octanol–water partition coefficient (Wildman–Crippen LogP) is -0.998. The summed E-state index contributed by atoms with van der Waals surface area (Å²) in [6.07, 6.45) is 3.35. The van der Waals surface area contributed by atoms with Crippen molar-refractivity contribution in [3.05, 3.63) is 0 Å². The highest BCUT2D eigenvalue weighted by atomic mass is 16.2. The number of carbonyl (C=O) groups is 2. The molecule has 0 aromatic heterocycles. The van der Waals surface area contributed by atoms with E-state index in [1.807, 2.05) is 0 Å². The number of nitrogens with two attached hydrogens (primary N) is 2. The van der Waals surface area contributed by atoms with Crippen LogP contribution in [-0.4, -0.2) is 25.2 Å². The molecular formula is C9H20N4O2. The lowest BCUT2D eigenvalue weighted by Gasteiger charge is -2.03. The van der Waals surface area contributed by atoms with Crippen LogP contribution in [0.2, 0.25) is 0 Å². The third-order valence-electron chi connectivity index (χ3n) is 1.91. The van der Waals surface area contributed by atoms with Gasteiger partial charge in [0.1, 0.15) is 0 Å². The molecule has 0 rings (SSSR count). The first-order valence-electron chi connectivity index (χ1n) is 5.14. The van der Waals surface area contributed by atoms with Gasteiger partial charge >= 0.3 is 0 Å². The van der Waals surface area contributed by atoms with Gasteiger partial charge in [-0.1, -0.05) is 6.42 Å². The van der Waals surface area contributed by atoms with E-state index >= 15 is 0 Å². The number of carbonyl (C=O) groups excluding carboxylic acids is 2. The first kappa shape index (κ1) is 13.9. The van der Waals surface area contributed by atoms with Crippen molar-refractivity contribution in [2.24, 2.45) is 11.5 Å². The van der Waals surface area contributed by atoms with Crippen molar-refractivity contribution in [1.29, 1.82) is 0 Å². The Labute approximate surface area is 89.8 Å². The summed E-state index contributed by atoms with van der Waals surface area (Å²) in [5.41, 5.74) is 10.3. The van der Waals surface area contributed by atoms with Crippen LogP contribution >= 0.6 is 0 Å². The Morgan fingerprint density at radius 1 is 0.800 bits per heavy atom. The summed E-state index contributed by atoms with van der Waals surface area (Å²) in [5, 5.41) is 5.02. The van der Waals surface area contributed by atoms with Gasteiger partial charge in [-0.3, -0.25) is 9.59 Å². The Bertz CT molecular complexity index is 177. The normalized spacial score (nSPS) is 9.73. The number of rotatable bonds is 8. The highest BCUT2D eigenvalue weighted by Gasteiger charge is 2.01. The average molecular weight is 216 g/mol. The van der Waals surface area contributed by atoms with Crippen LogP contribution < -0.4 is 22.1 Å². The van der Waals surface area contributed by atoms with E-state index in [-0.39, 0.29) is 25.2 Å². The van der Waals surface area contributed by atoms with Gasteiger partial charge < -0.3 is 22.1 Å². The van der Waals surface area contributed by atoms with Crippen molar-refractivity contribution >= 4 is 11.8 Å².